The highest BCUT2D eigenvalue weighted by Gasteiger charge is 2.24. The zero-order valence-electron chi connectivity index (χ0n) is 20.9. The molecule has 4 heterocycles. The van der Waals surface area contributed by atoms with Crippen molar-refractivity contribution in [3.8, 4) is 11.3 Å². The Kier molecular flexibility index (Phi) is 7.23. The molecule has 0 aromatic carbocycles. The van der Waals surface area contributed by atoms with Gasteiger partial charge in [-0.15, -0.1) is 0 Å². The minimum absolute atomic E-state index is 0.0287. The number of sulfone groups is 1. The number of carbonyl (C=O) groups is 1. The van der Waals surface area contributed by atoms with E-state index in [0.717, 1.165) is 24.1 Å². The van der Waals surface area contributed by atoms with E-state index in [1.54, 1.807) is 25.3 Å². The van der Waals surface area contributed by atoms with Crippen LogP contribution in [0.5, 0.6) is 0 Å². The fourth-order valence-corrected chi connectivity index (χ4v) is 4.68. The third-order valence-corrected chi connectivity index (χ3v) is 6.73. The van der Waals surface area contributed by atoms with Gasteiger partial charge in [-0.1, -0.05) is 0 Å². The number of aromatic nitrogens is 3. The number of ether oxygens (including phenoxy) is 1. The summed E-state index contributed by atoms with van der Waals surface area (Å²) in [7, 11) is -3.50. The molecule has 4 rings (SSSR count). The summed E-state index contributed by atoms with van der Waals surface area (Å²) >= 11 is 0. The van der Waals surface area contributed by atoms with Crippen LogP contribution >= 0.6 is 0 Å². The summed E-state index contributed by atoms with van der Waals surface area (Å²) in [6.45, 7) is 8.80. The molecule has 11 heteroatoms. The molecule has 0 aliphatic carbocycles. The molecule has 1 fully saturated rings. The van der Waals surface area contributed by atoms with Crippen molar-refractivity contribution in [2.45, 2.75) is 44.9 Å². The number of anilines is 4. The summed E-state index contributed by atoms with van der Waals surface area (Å²) in [5, 5.41) is 5.84. The van der Waals surface area contributed by atoms with Crippen LogP contribution in [-0.2, 0) is 19.4 Å². The average Bonchev–Trinajstić information content (AvgIpc) is 2.80. The third-order valence-electron chi connectivity index (χ3n) is 5.76. The Morgan fingerprint density at radius 2 is 1.89 bits per heavy atom. The lowest BCUT2D eigenvalue weighted by atomic mass is 10.1. The molecule has 2 unspecified atom stereocenters. The topological polar surface area (TPSA) is 126 Å². The van der Waals surface area contributed by atoms with Crippen molar-refractivity contribution in [3.05, 3.63) is 48.3 Å². The van der Waals surface area contributed by atoms with Crippen molar-refractivity contribution in [2.24, 2.45) is 0 Å². The van der Waals surface area contributed by atoms with Crippen molar-refractivity contribution in [1.82, 2.24) is 15.0 Å². The molecule has 3 aromatic heterocycles. The van der Waals surface area contributed by atoms with E-state index in [9.17, 15) is 13.2 Å². The van der Waals surface area contributed by atoms with Gasteiger partial charge in [-0.25, -0.2) is 18.4 Å². The van der Waals surface area contributed by atoms with Gasteiger partial charge in [0.05, 0.1) is 36.0 Å². The van der Waals surface area contributed by atoms with Crippen LogP contribution in [0.1, 0.15) is 26.3 Å². The Balaban J connectivity index is 1.71. The van der Waals surface area contributed by atoms with Crippen molar-refractivity contribution in [2.75, 3.05) is 34.9 Å². The first-order valence-corrected chi connectivity index (χ1v) is 13.5. The van der Waals surface area contributed by atoms with Crippen molar-refractivity contribution < 1.29 is 17.9 Å². The van der Waals surface area contributed by atoms with Gasteiger partial charge in [-0.05, 0) is 50.6 Å². The fraction of sp³-hybridized carbons (Fsp3) is 0.360. The number of hydrogen-bond donors (Lipinski definition) is 2. The molecular weight excluding hydrogens is 480 g/mol. The monoisotopic (exact) mass is 510 g/mol. The highest BCUT2D eigenvalue weighted by molar-refractivity contribution is 7.90. The van der Waals surface area contributed by atoms with E-state index in [2.05, 4.69) is 44.3 Å². The van der Waals surface area contributed by atoms with Crippen LogP contribution in [0.2, 0.25) is 0 Å². The number of carbonyl (C=O) groups excluding carboxylic acids is 1. The van der Waals surface area contributed by atoms with Crippen molar-refractivity contribution in [3.63, 3.8) is 0 Å². The van der Waals surface area contributed by atoms with E-state index < -0.39 is 9.84 Å². The minimum atomic E-state index is -3.50. The number of hydrogen-bond acceptors (Lipinski definition) is 9. The van der Waals surface area contributed by atoms with Crippen LogP contribution in [0.4, 0.5) is 23.0 Å². The normalized spacial score (nSPS) is 18.1. The Morgan fingerprint density at radius 3 is 2.56 bits per heavy atom. The van der Waals surface area contributed by atoms with Gasteiger partial charge >= 0.3 is 0 Å². The van der Waals surface area contributed by atoms with E-state index in [1.165, 1.54) is 13.0 Å². The van der Waals surface area contributed by atoms with Gasteiger partial charge in [0.25, 0.3) is 0 Å². The Hall–Kier alpha value is -3.57. The smallest absolute Gasteiger partial charge is 0.222 e. The molecule has 0 saturated carbocycles. The SMILES string of the molecule is CC(=O)Nc1cc(Nc2cc(C)cc(S(C)(=O)=O)n2)c(-c2ccc(N3CC(C)OCC3C)cn2)cn1. The lowest BCUT2D eigenvalue weighted by molar-refractivity contribution is -0.114. The van der Waals surface area contributed by atoms with Crippen LogP contribution in [-0.4, -0.2) is 60.8 Å². The van der Waals surface area contributed by atoms with Crippen LogP contribution in [0.15, 0.2) is 47.8 Å². The quantitative estimate of drug-likeness (QED) is 0.512. The first-order valence-electron chi connectivity index (χ1n) is 11.6. The first-order chi connectivity index (χ1) is 17.0. The molecule has 0 radical (unpaired) electrons. The third kappa shape index (κ3) is 5.97. The largest absolute Gasteiger partial charge is 0.375 e. The van der Waals surface area contributed by atoms with Crippen LogP contribution in [0, 0.1) is 6.92 Å². The minimum Gasteiger partial charge on any atom is -0.375 e. The molecule has 10 nitrogen and oxygen atoms in total. The zero-order chi connectivity index (χ0) is 26.0. The molecule has 2 atom stereocenters. The summed E-state index contributed by atoms with van der Waals surface area (Å²) in [5.74, 6) is 0.437. The summed E-state index contributed by atoms with van der Waals surface area (Å²) in [6.07, 6.45) is 4.69. The maximum atomic E-state index is 12.1. The van der Waals surface area contributed by atoms with Gasteiger partial charge in [-0.3, -0.25) is 9.78 Å². The van der Waals surface area contributed by atoms with E-state index in [0.29, 0.717) is 35.2 Å². The predicted octanol–water partition coefficient (Wildman–Crippen LogP) is 3.57. The van der Waals surface area contributed by atoms with Crippen molar-refractivity contribution >= 4 is 38.8 Å². The highest BCUT2D eigenvalue weighted by Crippen LogP contribution is 2.32. The van der Waals surface area contributed by atoms with Gasteiger partial charge < -0.3 is 20.3 Å². The zero-order valence-corrected chi connectivity index (χ0v) is 21.8. The molecule has 3 aromatic rings. The average molecular weight is 511 g/mol. The maximum Gasteiger partial charge on any atom is 0.222 e. The fourth-order valence-electron chi connectivity index (χ4n) is 4.02. The van der Waals surface area contributed by atoms with Gasteiger partial charge in [0.2, 0.25) is 5.91 Å². The molecule has 0 bridgehead atoms. The molecule has 2 N–H and O–H groups in total. The van der Waals surface area contributed by atoms with E-state index in [4.69, 9.17) is 4.74 Å². The summed E-state index contributed by atoms with van der Waals surface area (Å²) < 4.78 is 29.9. The van der Waals surface area contributed by atoms with Crippen LogP contribution < -0.4 is 15.5 Å². The summed E-state index contributed by atoms with van der Waals surface area (Å²) in [6, 6.07) is 9.09. The molecular formula is C25H30N6O4S. The number of pyridine rings is 3. The molecule has 36 heavy (non-hydrogen) atoms. The van der Waals surface area contributed by atoms with Gasteiger partial charge in [0, 0.05) is 43.6 Å². The highest BCUT2D eigenvalue weighted by atomic mass is 32.2. The number of amides is 1. The number of nitrogens with one attached hydrogen (secondary N) is 2. The first kappa shape index (κ1) is 25.5. The number of morpholine rings is 1. The maximum absolute atomic E-state index is 12.1. The van der Waals surface area contributed by atoms with E-state index >= 15 is 0 Å². The molecule has 1 aliphatic rings. The molecule has 1 amide bonds. The Morgan fingerprint density at radius 1 is 1.11 bits per heavy atom. The molecule has 1 aliphatic heterocycles. The summed E-state index contributed by atoms with van der Waals surface area (Å²) in [4.78, 5) is 27.2. The molecule has 0 spiro atoms. The predicted molar refractivity (Wildman–Crippen MR) is 139 cm³/mol. The second-order valence-corrected chi connectivity index (χ2v) is 11.1. The van der Waals surface area contributed by atoms with E-state index in [-0.39, 0.29) is 23.1 Å². The van der Waals surface area contributed by atoms with Gasteiger partial charge in [0.15, 0.2) is 14.9 Å². The number of nitrogens with zero attached hydrogens (tertiary/aromatic N) is 4. The van der Waals surface area contributed by atoms with Crippen LogP contribution in [0.3, 0.4) is 0 Å². The second-order valence-electron chi connectivity index (χ2n) is 9.11. The molecule has 190 valence electrons. The lowest BCUT2D eigenvalue weighted by Gasteiger charge is -2.38. The van der Waals surface area contributed by atoms with Gasteiger partial charge in [-0.2, -0.15) is 0 Å². The van der Waals surface area contributed by atoms with Crippen molar-refractivity contribution in [1.29, 1.82) is 0 Å². The number of aryl methyl sites for hydroxylation is 1. The molecule has 1 saturated heterocycles. The standard InChI is InChI=1S/C25H30N6O4S/c1-15-8-24(30-25(9-15)36(5,33)34)29-22-10-23(28-18(4)32)27-12-20(22)21-7-6-19(11-26-21)31-13-17(3)35-14-16(31)2/h6-12,16-17H,13-14H2,1-5H3,(H2,27,28,29,30,32). The lowest BCUT2D eigenvalue weighted by Crippen LogP contribution is -2.47. The number of rotatable bonds is 6. The summed E-state index contributed by atoms with van der Waals surface area (Å²) in [5.41, 5.74) is 3.63. The second kappa shape index (κ2) is 10.2. The Labute approximate surface area is 211 Å². The van der Waals surface area contributed by atoms with Crippen LogP contribution in [0.25, 0.3) is 11.3 Å². The van der Waals surface area contributed by atoms with Gasteiger partial charge in [0.1, 0.15) is 11.6 Å². The Bertz CT molecular complexity index is 1380. The van der Waals surface area contributed by atoms with E-state index in [1.807, 2.05) is 18.3 Å².